The summed E-state index contributed by atoms with van der Waals surface area (Å²) in [5.41, 5.74) is 1.39. The number of carboxylic acids is 1. The summed E-state index contributed by atoms with van der Waals surface area (Å²) in [5, 5.41) is 19.1. The molecule has 92 valence electrons. The van der Waals surface area contributed by atoms with E-state index in [-0.39, 0.29) is 5.82 Å². The molecule has 18 heavy (non-hydrogen) atoms. The third kappa shape index (κ3) is 2.60. The molecule has 0 bridgehead atoms. The average Bonchev–Trinajstić information content (AvgIpc) is 2.39. The molecule has 0 aliphatic heterocycles. The molecule has 1 heterocycles. The van der Waals surface area contributed by atoms with E-state index in [0.29, 0.717) is 11.4 Å². The van der Waals surface area contributed by atoms with Crippen LogP contribution in [-0.2, 0) is 0 Å². The van der Waals surface area contributed by atoms with E-state index in [1.54, 1.807) is 0 Å². The third-order valence-electron chi connectivity index (χ3n) is 2.46. The summed E-state index contributed by atoms with van der Waals surface area (Å²) in [5.74, 6) is -1.12. The van der Waals surface area contributed by atoms with Crippen molar-refractivity contribution in [2.24, 2.45) is 0 Å². The van der Waals surface area contributed by atoms with Crippen LogP contribution in [-0.4, -0.2) is 27.3 Å². The van der Waals surface area contributed by atoms with Gasteiger partial charge in [0.2, 0.25) is 5.82 Å². The zero-order valence-corrected chi connectivity index (χ0v) is 9.55. The van der Waals surface area contributed by atoms with E-state index in [2.05, 4.69) is 15.3 Å². The average molecular weight is 244 g/mol. The number of nitrogens with zero attached hydrogens (tertiary/aromatic N) is 2. The lowest BCUT2D eigenvalue weighted by atomic mass is 10.1. The number of nitrogens with one attached hydrogen (secondary N) is 2. The number of allylic oxidation sites excluding steroid dienone is 4. The van der Waals surface area contributed by atoms with Crippen molar-refractivity contribution >= 4 is 18.0 Å². The number of carbonyl (C=O) groups is 1. The highest BCUT2D eigenvalue weighted by Gasteiger charge is 2.12. The molecule has 0 unspecified atom stereocenters. The molecule has 0 fully saturated rings. The molecule has 6 heteroatoms. The van der Waals surface area contributed by atoms with Gasteiger partial charge in [-0.15, -0.1) is 0 Å². The Morgan fingerprint density at radius 2 is 2.39 bits per heavy atom. The molecule has 0 saturated heterocycles. The summed E-state index contributed by atoms with van der Waals surface area (Å²) in [6.45, 7) is 0. The Bertz CT molecular complexity index is 549. The van der Waals surface area contributed by atoms with Crippen molar-refractivity contribution in [2.45, 2.75) is 12.8 Å². The van der Waals surface area contributed by atoms with Gasteiger partial charge in [-0.2, -0.15) is 0 Å². The van der Waals surface area contributed by atoms with Crippen molar-refractivity contribution in [2.75, 3.05) is 5.32 Å². The Kier molecular flexibility index (Phi) is 3.47. The van der Waals surface area contributed by atoms with Crippen molar-refractivity contribution in [1.82, 2.24) is 9.97 Å². The molecule has 0 amide bonds. The van der Waals surface area contributed by atoms with E-state index in [1.165, 1.54) is 6.20 Å². The fourth-order valence-electron chi connectivity index (χ4n) is 1.56. The van der Waals surface area contributed by atoms with Gasteiger partial charge >= 0.3 is 5.97 Å². The molecular weight excluding hydrogens is 232 g/mol. The van der Waals surface area contributed by atoms with E-state index in [1.807, 2.05) is 18.2 Å². The van der Waals surface area contributed by atoms with Crippen LogP contribution in [0.25, 0.3) is 0 Å². The molecule has 1 aliphatic carbocycles. The van der Waals surface area contributed by atoms with Crippen LogP contribution < -0.4 is 5.32 Å². The second-order valence-corrected chi connectivity index (χ2v) is 3.73. The van der Waals surface area contributed by atoms with Gasteiger partial charge < -0.3 is 15.8 Å². The molecule has 0 saturated carbocycles. The van der Waals surface area contributed by atoms with Crippen LogP contribution in [0.3, 0.4) is 0 Å². The van der Waals surface area contributed by atoms with Gasteiger partial charge in [-0.25, -0.2) is 14.8 Å². The van der Waals surface area contributed by atoms with Gasteiger partial charge in [-0.05, 0) is 18.9 Å². The van der Waals surface area contributed by atoms with Crippen LogP contribution in [0.4, 0.5) is 5.82 Å². The zero-order valence-electron chi connectivity index (χ0n) is 9.55. The number of hydrogen-bond donors (Lipinski definition) is 3. The topological polar surface area (TPSA) is 99.0 Å². The van der Waals surface area contributed by atoms with Gasteiger partial charge in [0, 0.05) is 18.1 Å². The summed E-state index contributed by atoms with van der Waals surface area (Å²) < 4.78 is 0. The molecule has 0 atom stereocenters. The minimum atomic E-state index is -1.19. The van der Waals surface area contributed by atoms with E-state index in [4.69, 9.17) is 10.5 Å². The molecule has 0 aromatic carbocycles. The number of aromatic nitrogens is 2. The largest absolute Gasteiger partial charge is 0.475 e. The lowest BCUT2D eigenvalue weighted by Crippen LogP contribution is -2.11. The molecule has 3 N–H and O–H groups in total. The molecule has 2 rings (SSSR count). The molecule has 0 radical (unpaired) electrons. The predicted octanol–water partition coefficient (Wildman–Crippen LogP) is 1.82. The van der Waals surface area contributed by atoms with Gasteiger partial charge in [-0.3, -0.25) is 0 Å². The van der Waals surface area contributed by atoms with Gasteiger partial charge in [0.05, 0.1) is 5.56 Å². The van der Waals surface area contributed by atoms with Crippen molar-refractivity contribution in [3.05, 3.63) is 41.5 Å². The first-order valence-electron chi connectivity index (χ1n) is 5.44. The summed E-state index contributed by atoms with van der Waals surface area (Å²) in [7, 11) is 0. The van der Waals surface area contributed by atoms with Crippen molar-refractivity contribution in [3.63, 3.8) is 0 Å². The van der Waals surface area contributed by atoms with Crippen molar-refractivity contribution in [3.8, 4) is 0 Å². The fourth-order valence-corrected chi connectivity index (χ4v) is 1.56. The second-order valence-electron chi connectivity index (χ2n) is 3.73. The monoisotopic (exact) mass is 244 g/mol. The lowest BCUT2D eigenvalue weighted by molar-refractivity contribution is 0.0683. The maximum absolute atomic E-state index is 10.8. The Morgan fingerprint density at radius 1 is 1.56 bits per heavy atom. The van der Waals surface area contributed by atoms with E-state index in [0.717, 1.165) is 24.8 Å². The number of hydrogen-bond acceptors (Lipinski definition) is 5. The van der Waals surface area contributed by atoms with Crippen LogP contribution in [0.2, 0.25) is 0 Å². The Hall–Kier alpha value is -2.50. The van der Waals surface area contributed by atoms with Crippen molar-refractivity contribution in [1.29, 1.82) is 5.41 Å². The summed E-state index contributed by atoms with van der Waals surface area (Å²) in [6.07, 6.45) is 10.1. The molecule has 1 aromatic rings. The number of anilines is 1. The highest BCUT2D eigenvalue weighted by molar-refractivity contribution is 5.88. The Balaban J connectivity index is 2.32. The smallest absolute Gasteiger partial charge is 0.374 e. The first kappa shape index (κ1) is 12.0. The van der Waals surface area contributed by atoms with Gasteiger partial charge in [0.25, 0.3) is 0 Å². The molecule has 1 aromatic heterocycles. The molecule has 0 spiro atoms. The van der Waals surface area contributed by atoms with Crippen LogP contribution in [0.1, 0.15) is 29.0 Å². The standard InChI is InChI=1S/C12H12N4O2/c13-6-8-7-14-11(12(17)18)16-10(8)15-9-4-2-1-3-5-9/h1-2,4,6-7,13H,3,5H2,(H,17,18)(H,14,15,16). The van der Waals surface area contributed by atoms with Crippen LogP contribution in [0.15, 0.2) is 30.1 Å². The molecular formula is C12H12N4O2. The number of rotatable bonds is 4. The molecule has 6 nitrogen and oxygen atoms in total. The predicted molar refractivity (Wildman–Crippen MR) is 67.0 cm³/mol. The van der Waals surface area contributed by atoms with Crippen LogP contribution in [0, 0.1) is 5.41 Å². The number of aromatic carboxylic acids is 1. The first-order chi connectivity index (χ1) is 8.70. The summed E-state index contributed by atoms with van der Waals surface area (Å²) in [4.78, 5) is 18.4. The van der Waals surface area contributed by atoms with Gasteiger partial charge in [-0.1, -0.05) is 12.2 Å². The van der Waals surface area contributed by atoms with E-state index < -0.39 is 5.97 Å². The zero-order chi connectivity index (χ0) is 13.0. The summed E-state index contributed by atoms with van der Waals surface area (Å²) in [6, 6.07) is 0. The van der Waals surface area contributed by atoms with Crippen LogP contribution in [0.5, 0.6) is 0 Å². The van der Waals surface area contributed by atoms with Crippen LogP contribution >= 0.6 is 0 Å². The second kappa shape index (κ2) is 5.22. The molecule has 1 aliphatic rings. The normalized spacial score (nSPS) is 13.9. The summed E-state index contributed by atoms with van der Waals surface area (Å²) >= 11 is 0. The Labute approximate surface area is 104 Å². The van der Waals surface area contributed by atoms with Gasteiger partial charge in [0.15, 0.2) is 0 Å². The number of carboxylic acid groups (broad SMARTS) is 1. The fraction of sp³-hybridized carbons (Fsp3) is 0.167. The SMILES string of the molecule is N=Cc1cnc(C(=O)O)nc1NC1=CC=CCC1. The van der Waals surface area contributed by atoms with Gasteiger partial charge in [0.1, 0.15) is 5.82 Å². The minimum Gasteiger partial charge on any atom is -0.475 e. The third-order valence-corrected chi connectivity index (χ3v) is 2.46. The van der Waals surface area contributed by atoms with E-state index >= 15 is 0 Å². The maximum Gasteiger partial charge on any atom is 0.374 e. The maximum atomic E-state index is 10.8. The lowest BCUT2D eigenvalue weighted by Gasteiger charge is -2.13. The minimum absolute atomic E-state index is 0.282. The van der Waals surface area contributed by atoms with Crippen molar-refractivity contribution < 1.29 is 9.90 Å². The highest BCUT2D eigenvalue weighted by Crippen LogP contribution is 2.17. The van der Waals surface area contributed by atoms with E-state index in [9.17, 15) is 4.79 Å². The quantitative estimate of drug-likeness (QED) is 0.701. The Morgan fingerprint density at radius 3 is 3.00 bits per heavy atom. The highest BCUT2D eigenvalue weighted by atomic mass is 16.4. The first-order valence-corrected chi connectivity index (χ1v) is 5.44.